The summed E-state index contributed by atoms with van der Waals surface area (Å²) in [5.74, 6) is 0.229. The number of rotatable bonds is 2. The Bertz CT molecular complexity index is 1070. The summed E-state index contributed by atoms with van der Waals surface area (Å²) in [6, 6.07) is 11.8. The number of hydrogen-bond acceptors (Lipinski definition) is 6. The van der Waals surface area contributed by atoms with E-state index in [1.807, 2.05) is 6.07 Å². The molecule has 0 atom stereocenters. The molecule has 0 aliphatic heterocycles. The Kier molecular flexibility index (Phi) is 3.88. The van der Waals surface area contributed by atoms with Gasteiger partial charge in [-0.05, 0) is 36.8 Å². The van der Waals surface area contributed by atoms with Gasteiger partial charge < -0.3 is 5.11 Å². The van der Waals surface area contributed by atoms with Crippen molar-refractivity contribution >= 4 is 10.4 Å². The summed E-state index contributed by atoms with van der Waals surface area (Å²) in [6.45, 7) is 1.75. The molecular formula is C16H11N5O2S. The van der Waals surface area contributed by atoms with Crippen LogP contribution in [0.3, 0.4) is 0 Å². The Labute approximate surface area is 139 Å². The van der Waals surface area contributed by atoms with Crippen molar-refractivity contribution < 1.29 is 9.32 Å². The van der Waals surface area contributed by atoms with E-state index < -0.39 is 10.4 Å². The number of nitrogens with zero attached hydrogens (tertiary/aromatic N) is 5. The molecule has 0 fully saturated rings. The summed E-state index contributed by atoms with van der Waals surface area (Å²) in [6.07, 6.45) is 1.25. The fourth-order valence-electron chi connectivity index (χ4n) is 2.33. The first-order chi connectivity index (χ1) is 11.5. The largest absolute Gasteiger partial charge is 0.493 e. The van der Waals surface area contributed by atoms with Gasteiger partial charge in [0.25, 0.3) is 0 Å². The standard InChI is InChI=1S/C16H11N5O2S/c1-10-15(12-4-2-11(8-17)3-5-12)16(22)21(20-10)14-7-6-13(9-19-14)24(18)23/h2-7,9,22H,1H3. The fourth-order valence-corrected chi connectivity index (χ4v) is 2.65. The highest BCUT2D eigenvalue weighted by Gasteiger charge is 2.18. The SMILES string of the molecule is Cc1nn(-c2ccc(S(#N)=O)cn2)c(O)c1-c1ccc(C#N)cc1. The first-order valence-electron chi connectivity index (χ1n) is 6.87. The van der Waals surface area contributed by atoms with Gasteiger partial charge in [0.05, 0.1) is 29.1 Å². The van der Waals surface area contributed by atoms with Crippen LogP contribution in [0.15, 0.2) is 47.5 Å². The smallest absolute Gasteiger partial charge is 0.223 e. The third-order valence-corrected chi connectivity index (χ3v) is 4.12. The van der Waals surface area contributed by atoms with Crippen LogP contribution in [0.2, 0.25) is 0 Å². The summed E-state index contributed by atoms with van der Waals surface area (Å²) >= 11 is 0. The minimum absolute atomic E-state index is 0.0948. The van der Waals surface area contributed by atoms with Gasteiger partial charge in [-0.1, -0.05) is 12.1 Å². The van der Waals surface area contributed by atoms with E-state index in [0.29, 0.717) is 22.6 Å². The van der Waals surface area contributed by atoms with Gasteiger partial charge in [0.2, 0.25) is 5.88 Å². The van der Waals surface area contributed by atoms with Gasteiger partial charge in [-0.25, -0.2) is 4.98 Å². The van der Waals surface area contributed by atoms with Crippen LogP contribution in [0.4, 0.5) is 0 Å². The number of aromatic nitrogens is 3. The van der Waals surface area contributed by atoms with Gasteiger partial charge in [0.1, 0.15) is 4.90 Å². The average molecular weight is 337 g/mol. The molecule has 3 aromatic rings. The molecule has 0 unspecified atom stereocenters. The van der Waals surface area contributed by atoms with E-state index in [4.69, 9.17) is 9.87 Å². The van der Waals surface area contributed by atoms with Gasteiger partial charge >= 0.3 is 0 Å². The van der Waals surface area contributed by atoms with Crippen molar-refractivity contribution in [2.75, 3.05) is 0 Å². The zero-order chi connectivity index (χ0) is 17.3. The number of benzene rings is 1. The van der Waals surface area contributed by atoms with E-state index in [2.05, 4.69) is 10.1 Å². The Balaban J connectivity index is 2.07. The van der Waals surface area contributed by atoms with Crippen molar-refractivity contribution in [1.29, 1.82) is 9.87 Å². The van der Waals surface area contributed by atoms with Crippen LogP contribution in [0.5, 0.6) is 5.88 Å². The Morgan fingerprint density at radius 1 is 1.21 bits per heavy atom. The molecule has 0 aliphatic rings. The van der Waals surface area contributed by atoms with E-state index in [1.54, 1.807) is 31.2 Å². The molecule has 118 valence electrons. The van der Waals surface area contributed by atoms with Crippen molar-refractivity contribution in [2.24, 2.45) is 0 Å². The van der Waals surface area contributed by atoms with Gasteiger partial charge in [0.15, 0.2) is 16.2 Å². The number of aromatic hydroxyl groups is 1. The maximum Gasteiger partial charge on any atom is 0.223 e. The average Bonchev–Trinajstić information content (AvgIpc) is 2.89. The second kappa shape index (κ2) is 6.01. The van der Waals surface area contributed by atoms with Crippen molar-refractivity contribution in [2.45, 2.75) is 11.8 Å². The minimum Gasteiger partial charge on any atom is -0.493 e. The first-order valence-corrected chi connectivity index (χ1v) is 7.98. The Morgan fingerprint density at radius 2 is 1.92 bits per heavy atom. The third kappa shape index (κ3) is 2.65. The lowest BCUT2D eigenvalue weighted by atomic mass is 10.0. The molecular weight excluding hydrogens is 326 g/mol. The third-order valence-electron chi connectivity index (χ3n) is 3.48. The molecule has 2 aromatic heterocycles. The molecule has 1 aromatic carbocycles. The lowest BCUT2D eigenvalue weighted by Crippen LogP contribution is -1.99. The maximum atomic E-state index is 11.0. The molecule has 7 nitrogen and oxygen atoms in total. The monoisotopic (exact) mass is 337 g/mol. The Morgan fingerprint density at radius 3 is 2.46 bits per heavy atom. The predicted octanol–water partition coefficient (Wildman–Crippen LogP) is 2.41. The summed E-state index contributed by atoms with van der Waals surface area (Å²) < 4.78 is 21.3. The highest BCUT2D eigenvalue weighted by Crippen LogP contribution is 2.33. The van der Waals surface area contributed by atoms with Crippen LogP contribution in [-0.2, 0) is 10.4 Å². The molecule has 0 saturated carbocycles. The van der Waals surface area contributed by atoms with Crippen LogP contribution < -0.4 is 0 Å². The molecule has 1 N–H and O–H groups in total. The van der Waals surface area contributed by atoms with Gasteiger partial charge in [-0.15, -0.1) is 4.61 Å². The fraction of sp³-hybridized carbons (Fsp3) is 0.0625. The quantitative estimate of drug-likeness (QED) is 0.767. The van der Waals surface area contributed by atoms with Crippen molar-refractivity contribution in [1.82, 2.24) is 14.8 Å². The number of aryl methyl sites for hydroxylation is 1. The summed E-state index contributed by atoms with van der Waals surface area (Å²) in [7, 11) is -2.11. The van der Waals surface area contributed by atoms with Gasteiger partial charge in [-0.2, -0.15) is 19.3 Å². The second-order valence-corrected chi connectivity index (χ2v) is 5.96. The van der Waals surface area contributed by atoms with Crippen molar-refractivity contribution in [3.8, 4) is 28.9 Å². The van der Waals surface area contributed by atoms with Crippen molar-refractivity contribution in [3.05, 3.63) is 53.9 Å². The normalized spacial score (nSPS) is 10.3. The van der Waals surface area contributed by atoms with E-state index in [1.165, 1.54) is 23.0 Å². The molecule has 0 bridgehead atoms. The molecule has 0 amide bonds. The van der Waals surface area contributed by atoms with E-state index in [0.717, 1.165) is 5.56 Å². The van der Waals surface area contributed by atoms with Crippen LogP contribution >= 0.6 is 0 Å². The van der Waals surface area contributed by atoms with E-state index >= 15 is 0 Å². The van der Waals surface area contributed by atoms with Crippen LogP contribution in [-0.4, -0.2) is 24.1 Å². The van der Waals surface area contributed by atoms with Crippen molar-refractivity contribution in [3.63, 3.8) is 0 Å². The molecule has 8 heteroatoms. The molecule has 0 spiro atoms. The van der Waals surface area contributed by atoms with Crippen LogP contribution in [0.25, 0.3) is 16.9 Å². The second-order valence-electron chi connectivity index (χ2n) is 4.99. The molecule has 0 saturated heterocycles. The highest BCUT2D eigenvalue weighted by molar-refractivity contribution is 7.71. The summed E-state index contributed by atoms with van der Waals surface area (Å²) in [5.41, 5.74) is 2.38. The molecule has 2 heterocycles. The van der Waals surface area contributed by atoms with Crippen LogP contribution in [0, 0.1) is 22.9 Å². The number of nitriles is 1. The predicted molar refractivity (Wildman–Crippen MR) is 86.0 cm³/mol. The van der Waals surface area contributed by atoms with E-state index in [9.17, 15) is 9.32 Å². The Hall–Kier alpha value is -3.40. The number of pyridine rings is 1. The molecule has 0 aliphatic carbocycles. The van der Waals surface area contributed by atoms with Gasteiger partial charge in [-0.3, -0.25) is 0 Å². The van der Waals surface area contributed by atoms with E-state index in [-0.39, 0.29) is 10.8 Å². The molecule has 24 heavy (non-hydrogen) atoms. The molecule has 3 rings (SSSR count). The lowest BCUT2D eigenvalue weighted by Gasteiger charge is -2.03. The topological polar surface area (TPSA) is 116 Å². The van der Waals surface area contributed by atoms with Crippen LogP contribution in [0.1, 0.15) is 11.3 Å². The minimum atomic E-state index is -2.11. The lowest BCUT2D eigenvalue weighted by molar-refractivity contribution is 0.433. The summed E-state index contributed by atoms with van der Waals surface area (Å²) in [4.78, 5) is 4.21. The molecule has 0 radical (unpaired) electrons. The zero-order valence-corrected chi connectivity index (χ0v) is 13.4. The zero-order valence-electron chi connectivity index (χ0n) is 12.5. The summed E-state index contributed by atoms with van der Waals surface area (Å²) in [5, 5.41) is 23.6. The highest BCUT2D eigenvalue weighted by atomic mass is 32.2. The maximum absolute atomic E-state index is 11.0. The number of hydrogen-bond donors (Lipinski definition) is 1. The van der Waals surface area contributed by atoms with Gasteiger partial charge in [0, 0.05) is 0 Å². The first kappa shape index (κ1) is 15.5.